The highest BCUT2D eigenvalue weighted by atomic mass is 31.2. The van der Waals surface area contributed by atoms with Gasteiger partial charge in [0, 0.05) is 5.41 Å². The third-order valence-electron chi connectivity index (χ3n) is 5.47. The quantitative estimate of drug-likeness (QED) is 0.629. The smallest absolute Gasteiger partial charge is 0.329 e. The Labute approximate surface area is 131 Å². The Morgan fingerprint density at radius 1 is 1.52 bits per heavy atom. The molecule has 1 aliphatic heterocycles. The molecule has 5 rings (SSSR count). The standard InChI is InChI=1S/C13H16N5O4P/c1-5-16-11(14)7-12(17-5)18(4-15-7)8-6-2-13(6)3-23(20,21)22-10(13)9(8)19/h4,6,8-10,19H,2-3H2,1H3,(H,20,21)(H2,14,16,17)/t6-,8-,9+,10+,13?/m1/s1. The number of fused-ring (bicyclic) bond motifs is 1. The predicted molar refractivity (Wildman–Crippen MR) is 79.6 cm³/mol. The van der Waals surface area contributed by atoms with Crippen molar-refractivity contribution in [1.29, 1.82) is 0 Å². The van der Waals surface area contributed by atoms with Gasteiger partial charge in [-0.1, -0.05) is 0 Å². The summed E-state index contributed by atoms with van der Waals surface area (Å²) in [7, 11) is -3.58. The molecule has 10 heteroatoms. The zero-order valence-corrected chi connectivity index (χ0v) is 13.2. The monoisotopic (exact) mass is 337 g/mol. The first kappa shape index (κ1) is 13.9. The van der Waals surface area contributed by atoms with Gasteiger partial charge in [0.25, 0.3) is 0 Å². The van der Waals surface area contributed by atoms with Gasteiger partial charge in [0.1, 0.15) is 23.5 Å². The molecule has 6 atom stereocenters. The van der Waals surface area contributed by atoms with Crippen LogP contribution in [0.25, 0.3) is 11.2 Å². The van der Waals surface area contributed by atoms with E-state index in [4.69, 9.17) is 10.3 Å². The van der Waals surface area contributed by atoms with Crippen LogP contribution in [0, 0.1) is 18.3 Å². The maximum Gasteiger partial charge on any atom is 0.329 e. The first-order valence-electron chi connectivity index (χ1n) is 7.47. The fraction of sp³-hybridized carbons (Fsp3) is 0.615. The third-order valence-corrected chi connectivity index (χ3v) is 7.02. The molecule has 2 aromatic heterocycles. The maximum atomic E-state index is 11.9. The molecule has 2 unspecified atom stereocenters. The van der Waals surface area contributed by atoms with Crippen LogP contribution >= 0.6 is 7.60 Å². The van der Waals surface area contributed by atoms with Gasteiger partial charge < -0.3 is 24.8 Å². The Morgan fingerprint density at radius 2 is 2.30 bits per heavy atom. The van der Waals surface area contributed by atoms with Crippen molar-refractivity contribution in [3.05, 3.63) is 12.2 Å². The fourth-order valence-electron chi connectivity index (χ4n) is 4.55. The summed E-state index contributed by atoms with van der Waals surface area (Å²) in [5.74, 6) is 0.922. The van der Waals surface area contributed by atoms with Gasteiger partial charge in [0.2, 0.25) is 0 Å². The number of nitrogen functional groups attached to an aromatic ring is 1. The molecule has 0 amide bonds. The Balaban J connectivity index is 1.62. The van der Waals surface area contributed by atoms with E-state index in [1.807, 2.05) is 4.57 Å². The van der Waals surface area contributed by atoms with Gasteiger partial charge in [-0.2, -0.15) is 0 Å². The molecule has 0 radical (unpaired) electrons. The molecule has 23 heavy (non-hydrogen) atoms. The van der Waals surface area contributed by atoms with Crippen LogP contribution in [-0.4, -0.2) is 47.9 Å². The molecule has 1 saturated heterocycles. The molecule has 3 fully saturated rings. The number of rotatable bonds is 1. The Morgan fingerprint density at radius 3 is 3.04 bits per heavy atom. The minimum atomic E-state index is -3.58. The molecule has 0 aromatic carbocycles. The van der Waals surface area contributed by atoms with E-state index in [0.717, 1.165) is 6.42 Å². The summed E-state index contributed by atoms with van der Waals surface area (Å²) in [6.07, 6.45) is 1.01. The highest BCUT2D eigenvalue weighted by Gasteiger charge is 2.77. The number of nitrogens with zero attached hydrogens (tertiary/aromatic N) is 4. The predicted octanol–water partition coefficient (Wildman–Crippen LogP) is 0.223. The second kappa shape index (κ2) is 3.92. The zero-order valence-electron chi connectivity index (χ0n) is 12.3. The van der Waals surface area contributed by atoms with Crippen molar-refractivity contribution in [2.24, 2.45) is 11.3 Å². The lowest BCUT2D eigenvalue weighted by Gasteiger charge is -2.24. The number of nitrogens with two attached hydrogens (primary N) is 1. The topological polar surface area (TPSA) is 136 Å². The van der Waals surface area contributed by atoms with Crippen molar-refractivity contribution in [3.63, 3.8) is 0 Å². The third kappa shape index (κ3) is 1.63. The van der Waals surface area contributed by atoms with Gasteiger partial charge in [0.15, 0.2) is 11.5 Å². The van der Waals surface area contributed by atoms with Crippen LogP contribution in [0.4, 0.5) is 5.82 Å². The van der Waals surface area contributed by atoms with Crippen molar-refractivity contribution >= 4 is 24.6 Å². The highest BCUT2D eigenvalue weighted by Crippen LogP contribution is 2.78. The molecule has 4 N–H and O–H groups in total. The Kier molecular flexibility index (Phi) is 2.36. The van der Waals surface area contributed by atoms with E-state index in [1.54, 1.807) is 13.3 Å². The van der Waals surface area contributed by atoms with E-state index >= 15 is 0 Å². The second-order valence-corrected chi connectivity index (χ2v) is 8.63. The summed E-state index contributed by atoms with van der Waals surface area (Å²) in [4.78, 5) is 22.5. The minimum Gasteiger partial charge on any atom is -0.388 e. The molecule has 1 spiro atoms. The van der Waals surface area contributed by atoms with Gasteiger partial charge in [-0.05, 0) is 19.3 Å². The number of hydrogen-bond donors (Lipinski definition) is 3. The molecule has 2 aliphatic carbocycles. The molecule has 2 aromatic rings. The number of hydrogen-bond acceptors (Lipinski definition) is 7. The molecule has 122 valence electrons. The van der Waals surface area contributed by atoms with E-state index < -0.39 is 25.2 Å². The van der Waals surface area contributed by atoms with E-state index in [-0.39, 0.29) is 18.1 Å². The van der Waals surface area contributed by atoms with E-state index in [1.165, 1.54) is 0 Å². The summed E-state index contributed by atoms with van der Waals surface area (Å²) < 4.78 is 19.0. The number of aryl methyl sites for hydroxylation is 1. The van der Waals surface area contributed by atoms with Crippen molar-refractivity contribution < 1.29 is 19.1 Å². The Bertz CT molecular complexity index is 898. The maximum absolute atomic E-state index is 11.9. The van der Waals surface area contributed by atoms with Gasteiger partial charge in [0.05, 0.1) is 18.5 Å². The number of aliphatic hydroxyl groups excluding tert-OH is 1. The van der Waals surface area contributed by atoms with Crippen LogP contribution in [0.2, 0.25) is 0 Å². The molecule has 9 nitrogen and oxygen atoms in total. The SMILES string of the molecule is Cc1nc(N)c2ncn([C@H]3[C@H](O)[C@@H]4OP(=O)(O)CC45C[C@H]35)c2n1. The number of anilines is 1. The number of aliphatic hydroxyl groups is 1. The highest BCUT2D eigenvalue weighted by molar-refractivity contribution is 7.53. The lowest BCUT2D eigenvalue weighted by atomic mass is 10.0. The van der Waals surface area contributed by atoms with Crippen molar-refractivity contribution in [2.75, 3.05) is 11.9 Å². The molecule has 3 heterocycles. The van der Waals surface area contributed by atoms with Gasteiger partial charge in [-0.15, -0.1) is 0 Å². The van der Waals surface area contributed by atoms with E-state index in [9.17, 15) is 14.6 Å². The summed E-state index contributed by atoms with van der Waals surface area (Å²) in [6, 6.07) is -0.279. The first-order valence-corrected chi connectivity index (χ1v) is 9.24. The lowest BCUT2D eigenvalue weighted by Crippen LogP contribution is -2.33. The van der Waals surface area contributed by atoms with Gasteiger partial charge >= 0.3 is 7.60 Å². The zero-order chi connectivity index (χ0) is 16.1. The van der Waals surface area contributed by atoms with Crippen LogP contribution in [0.3, 0.4) is 0 Å². The van der Waals surface area contributed by atoms with Gasteiger partial charge in [-0.25, -0.2) is 15.0 Å². The summed E-state index contributed by atoms with van der Waals surface area (Å²) in [5, 5.41) is 10.7. The van der Waals surface area contributed by atoms with Crippen molar-refractivity contribution in [1.82, 2.24) is 19.5 Å². The van der Waals surface area contributed by atoms with Crippen LogP contribution in [-0.2, 0) is 9.09 Å². The first-order chi connectivity index (χ1) is 10.8. The molecule has 0 bridgehead atoms. The van der Waals surface area contributed by atoms with Crippen molar-refractivity contribution in [2.45, 2.75) is 31.6 Å². The van der Waals surface area contributed by atoms with Crippen LogP contribution in [0.15, 0.2) is 6.33 Å². The lowest BCUT2D eigenvalue weighted by molar-refractivity contribution is 0.0136. The second-order valence-electron chi connectivity index (χ2n) is 6.83. The fourth-order valence-corrected chi connectivity index (χ4v) is 6.60. The summed E-state index contributed by atoms with van der Waals surface area (Å²) in [6.45, 7) is 1.75. The van der Waals surface area contributed by atoms with Crippen LogP contribution in [0.5, 0.6) is 0 Å². The number of aromatic nitrogens is 4. The average Bonchev–Trinajstić information content (AvgIpc) is 2.74. The van der Waals surface area contributed by atoms with E-state index in [0.29, 0.717) is 22.8 Å². The summed E-state index contributed by atoms with van der Waals surface area (Å²) in [5.41, 5.74) is 6.58. The average molecular weight is 337 g/mol. The van der Waals surface area contributed by atoms with Crippen LogP contribution < -0.4 is 5.73 Å². The largest absolute Gasteiger partial charge is 0.388 e. The molecule has 2 saturated carbocycles. The molecule has 3 aliphatic rings. The minimum absolute atomic E-state index is 0.0828. The van der Waals surface area contributed by atoms with Crippen molar-refractivity contribution in [3.8, 4) is 0 Å². The Hall–Kier alpha value is -1.54. The van der Waals surface area contributed by atoms with Gasteiger partial charge in [-0.3, -0.25) is 4.57 Å². The molecular formula is C13H16N5O4P. The van der Waals surface area contributed by atoms with Crippen LogP contribution in [0.1, 0.15) is 18.3 Å². The number of imidazole rings is 1. The van der Waals surface area contributed by atoms with E-state index in [2.05, 4.69) is 15.0 Å². The summed E-state index contributed by atoms with van der Waals surface area (Å²) >= 11 is 0. The normalized spacial score (nSPS) is 44.5. The molecular weight excluding hydrogens is 321 g/mol.